The quantitative estimate of drug-likeness (QED) is 0.443. The van der Waals surface area contributed by atoms with Crippen LogP contribution in [0.25, 0.3) is 0 Å². The van der Waals surface area contributed by atoms with Gasteiger partial charge in [-0.1, -0.05) is 13.3 Å². The molecule has 0 aliphatic heterocycles. The van der Waals surface area contributed by atoms with Crippen molar-refractivity contribution in [3.05, 3.63) is 0 Å². The molecule has 0 saturated heterocycles. The smallest absolute Gasteiger partial charge is 0.0414 e. The lowest BCUT2D eigenvalue weighted by molar-refractivity contribution is -0.305. The number of rotatable bonds is 3. The summed E-state index contributed by atoms with van der Waals surface area (Å²) in [7, 11) is 0. The van der Waals surface area contributed by atoms with Crippen LogP contribution in [0.5, 0.6) is 0 Å². The van der Waals surface area contributed by atoms with Crippen LogP contribution in [0, 0.1) is 0 Å². The van der Waals surface area contributed by atoms with Crippen molar-refractivity contribution in [2.75, 3.05) is 0 Å². The number of carbonyl (C=O) groups is 1. The van der Waals surface area contributed by atoms with Gasteiger partial charge in [-0.2, -0.15) is 0 Å². The fraction of sp³-hybridized carbons (Fsp3) is 0.800. The number of carboxylic acid groups (broad SMARTS) is 1. The highest BCUT2D eigenvalue weighted by molar-refractivity contribution is 5.63. The van der Waals surface area contributed by atoms with Crippen molar-refractivity contribution in [2.45, 2.75) is 26.2 Å². The van der Waals surface area contributed by atoms with Gasteiger partial charge in [-0.3, -0.25) is 0 Å². The zero-order valence-electron chi connectivity index (χ0n) is 5.94. The van der Waals surface area contributed by atoms with Crippen molar-refractivity contribution < 1.29 is 26.3 Å². The predicted octanol–water partition coefficient (Wildman–Crippen LogP) is -2.55. The van der Waals surface area contributed by atoms with Crippen LogP contribution in [0.15, 0.2) is 0 Å². The second-order valence-corrected chi connectivity index (χ2v) is 1.48. The largest absolute Gasteiger partial charge is 0.550 e. The van der Waals surface area contributed by atoms with Crippen LogP contribution >= 0.6 is 0 Å². The predicted molar refractivity (Wildman–Crippen MR) is 35.4 cm³/mol. The maximum Gasteiger partial charge on any atom is 0.0414 e. The van der Waals surface area contributed by atoms with Gasteiger partial charge in [0.2, 0.25) is 0 Å². The van der Waals surface area contributed by atoms with Crippen LogP contribution in [0.2, 0.25) is 0 Å². The molecule has 0 aliphatic carbocycles. The summed E-state index contributed by atoms with van der Waals surface area (Å²) in [5.74, 6) is -0.943. The van der Waals surface area contributed by atoms with Gasteiger partial charge in [0, 0.05) is 5.97 Å². The average molecular weight is 155 g/mol. The fourth-order valence-corrected chi connectivity index (χ4v) is 0.321. The molecule has 0 atom stereocenters. The molecule has 5 nitrogen and oxygen atoms in total. The van der Waals surface area contributed by atoms with E-state index in [1.54, 1.807) is 0 Å². The minimum absolute atomic E-state index is 0. The first kappa shape index (κ1) is 22.8. The van der Waals surface area contributed by atoms with Crippen molar-refractivity contribution in [3.63, 3.8) is 0 Å². The van der Waals surface area contributed by atoms with Crippen LogP contribution in [0.3, 0.4) is 0 Å². The number of hydrogen-bond acceptors (Lipinski definition) is 2. The van der Waals surface area contributed by atoms with Crippen molar-refractivity contribution >= 4 is 5.97 Å². The van der Waals surface area contributed by atoms with Crippen molar-refractivity contribution in [3.8, 4) is 0 Å². The first-order chi connectivity index (χ1) is 3.27. The SMILES string of the molecule is CCCCC(=O)[O-].O.O.O. The van der Waals surface area contributed by atoms with Gasteiger partial charge in [0.15, 0.2) is 0 Å². The van der Waals surface area contributed by atoms with Gasteiger partial charge in [-0.15, -0.1) is 0 Å². The zero-order chi connectivity index (χ0) is 5.70. The summed E-state index contributed by atoms with van der Waals surface area (Å²) in [6, 6.07) is 0. The average Bonchev–Trinajstić information content (AvgIpc) is 1.61. The van der Waals surface area contributed by atoms with E-state index in [1.807, 2.05) is 6.92 Å². The lowest BCUT2D eigenvalue weighted by Gasteiger charge is -1.95. The van der Waals surface area contributed by atoms with E-state index >= 15 is 0 Å². The molecular formula is C5H15O5-. The molecule has 0 aromatic heterocycles. The molecule has 0 spiro atoms. The highest BCUT2D eigenvalue weighted by Crippen LogP contribution is 1.89. The van der Waals surface area contributed by atoms with Gasteiger partial charge in [0.05, 0.1) is 0 Å². The zero-order valence-corrected chi connectivity index (χ0v) is 5.94. The fourth-order valence-electron chi connectivity index (χ4n) is 0.321. The standard InChI is InChI=1S/C5H10O2.3H2O/c1-2-3-4-5(6)7;;;/h2-4H2,1H3,(H,6,7);3*1H2/p-1. The third kappa shape index (κ3) is 26.4. The first-order valence-corrected chi connectivity index (χ1v) is 2.47. The maximum atomic E-state index is 9.65. The van der Waals surface area contributed by atoms with Gasteiger partial charge in [0.1, 0.15) is 0 Å². The Bertz CT molecular complexity index is 63.1. The number of carboxylic acids is 1. The van der Waals surface area contributed by atoms with Gasteiger partial charge < -0.3 is 26.3 Å². The Hall–Kier alpha value is -0.650. The molecule has 0 amide bonds. The van der Waals surface area contributed by atoms with Crippen molar-refractivity contribution in [1.29, 1.82) is 0 Å². The van der Waals surface area contributed by atoms with Crippen LogP contribution in [-0.2, 0) is 4.79 Å². The van der Waals surface area contributed by atoms with Gasteiger partial charge in [0.25, 0.3) is 0 Å². The molecule has 0 rings (SSSR count). The second kappa shape index (κ2) is 15.8. The molecule has 0 fully saturated rings. The molecule has 6 N–H and O–H groups in total. The summed E-state index contributed by atoms with van der Waals surface area (Å²) in [6.07, 6.45) is 1.87. The molecule has 0 unspecified atom stereocenters. The Morgan fingerprint density at radius 1 is 1.30 bits per heavy atom. The Labute approximate surface area is 59.6 Å². The van der Waals surface area contributed by atoms with E-state index in [0.29, 0.717) is 0 Å². The summed E-state index contributed by atoms with van der Waals surface area (Å²) < 4.78 is 0. The molecule has 0 bridgehead atoms. The highest BCUT2D eigenvalue weighted by Gasteiger charge is 1.80. The van der Waals surface area contributed by atoms with Crippen LogP contribution < -0.4 is 5.11 Å². The molecule has 0 heterocycles. The van der Waals surface area contributed by atoms with Crippen molar-refractivity contribution in [2.24, 2.45) is 0 Å². The van der Waals surface area contributed by atoms with Gasteiger partial charge in [-0.05, 0) is 12.8 Å². The van der Waals surface area contributed by atoms with Gasteiger partial charge >= 0.3 is 0 Å². The Kier molecular flexibility index (Phi) is 35.9. The monoisotopic (exact) mass is 155 g/mol. The Morgan fingerprint density at radius 2 is 1.70 bits per heavy atom. The lowest BCUT2D eigenvalue weighted by Crippen LogP contribution is -2.21. The highest BCUT2D eigenvalue weighted by atomic mass is 16.4. The topological polar surface area (TPSA) is 135 Å². The molecule has 10 heavy (non-hydrogen) atoms. The maximum absolute atomic E-state index is 9.65. The number of unbranched alkanes of at least 4 members (excludes halogenated alkanes) is 1. The van der Waals surface area contributed by atoms with E-state index < -0.39 is 5.97 Å². The molecule has 66 valence electrons. The lowest BCUT2D eigenvalue weighted by atomic mass is 10.3. The van der Waals surface area contributed by atoms with E-state index in [1.165, 1.54) is 0 Å². The summed E-state index contributed by atoms with van der Waals surface area (Å²) in [6.45, 7) is 1.95. The first-order valence-electron chi connectivity index (χ1n) is 2.47. The molecule has 5 heteroatoms. The third-order valence-electron chi connectivity index (χ3n) is 0.734. The molecule has 0 aromatic rings. The van der Waals surface area contributed by atoms with E-state index in [-0.39, 0.29) is 22.8 Å². The molecule has 0 saturated carbocycles. The summed E-state index contributed by atoms with van der Waals surface area (Å²) in [5, 5.41) is 9.65. The minimum atomic E-state index is -0.943. The molecular weight excluding hydrogens is 140 g/mol. The van der Waals surface area contributed by atoms with Crippen LogP contribution in [-0.4, -0.2) is 22.4 Å². The minimum Gasteiger partial charge on any atom is -0.550 e. The molecule has 0 radical (unpaired) electrons. The third-order valence-corrected chi connectivity index (χ3v) is 0.734. The summed E-state index contributed by atoms with van der Waals surface area (Å²) >= 11 is 0. The van der Waals surface area contributed by atoms with Crippen LogP contribution in [0.1, 0.15) is 26.2 Å². The molecule has 0 aromatic carbocycles. The number of aliphatic carboxylic acids is 1. The van der Waals surface area contributed by atoms with E-state index in [2.05, 4.69) is 0 Å². The van der Waals surface area contributed by atoms with Crippen molar-refractivity contribution in [1.82, 2.24) is 0 Å². The van der Waals surface area contributed by atoms with E-state index in [0.717, 1.165) is 12.8 Å². The Morgan fingerprint density at radius 3 is 1.80 bits per heavy atom. The van der Waals surface area contributed by atoms with Crippen LogP contribution in [0.4, 0.5) is 0 Å². The Balaban J connectivity index is -0.0000000600. The second-order valence-electron chi connectivity index (χ2n) is 1.48. The number of carbonyl (C=O) groups excluding carboxylic acids is 1. The summed E-state index contributed by atoms with van der Waals surface area (Å²) in [5.41, 5.74) is 0. The van der Waals surface area contributed by atoms with Gasteiger partial charge in [-0.25, -0.2) is 0 Å². The van der Waals surface area contributed by atoms with E-state index in [4.69, 9.17) is 0 Å². The van der Waals surface area contributed by atoms with E-state index in [9.17, 15) is 9.90 Å². The number of hydrogen-bond donors (Lipinski definition) is 0. The molecule has 0 aliphatic rings. The summed E-state index contributed by atoms with van der Waals surface area (Å²) in [4.78, 5) is 9.65. The normalized spacial score (nSPS) is 6.10.